The van der Waals surface area contributed by atoms with Crippen LogP contribution in [0.2, 0.25) is 0 Å². The molecule has 0 aliphatic carbocycles. The van der Waals surface area contributed by atoms with Crippen LogP contribution in [-0.2, 0) is 0 Å². The van der Waals surface area contributed by atoms with Crippen LogP contribution in [0.15, 0.2) is 18.2 Å². The lowest BCUT2D eigenvalue weighted by Gasteiger charge is -2.15. The van der Waals surface area contributed by atoms with E-state index in [1.165, 1.54) is 0 Å². The second kappa shape index (κ2) is 4.59. The third-order valence-corrected chi connectivity index (χ3v) is 1.71. The molecule has 0 aromatic heterocycles. The molecule has 0 saturated heterocycles. The van der Waals surface area contributed by atoms with Crippen LogP contribution in [0, 0.1) is 0 Å². The SMILES string of the molecule is Cl.N[C@H](c1ccc(O)c(O)c1)C(F)(F)F. The van der Waals surface area contributed by atoms with E-state index in [0.29, 0.717) is 0 Å². The number of alkyl halides is 3. The van der Waals surface area contributed by atoms with Gasteiger partial charge in [-0.05, 0) is 17.7 Å². The molecule has 0 unspecified atom stereocenters. The van der Waals surface area contributed by atoms with Crippen LogP contribution in [0.1, 0.15) is 11.6 Å². The molecule has 15 heavy (non-hydrogen) atoms. The minimum atomic E-state index is -4.57. The standard InChI is InChI=1S/C8H8F3NO2.ClH/c9-8(10,11)7(12)4-1-2-5(13)6(14)3-4;/h1-3,7,13-14H,12H2;1H/t7-;/m1./s1. The highest BCUT2D eigenvalue weighted by atomic mass is 35.5. The zero-order valence-corrected chi connectivity index (χ0v) is 8.14. The Morgan fingerprint density at radius 2 is 1.67 bits per heavy atom. The molecule has 0 amide bonds. The summed E-state index contributed by atoms with van der Waals surface area (Å²) in [6.45, 7) is 0. The summed E-state index contributed by atoms with van der Waals surface area (Å²) in [5, 5.41) is 17.8. The molecule has 3 nitrogen and oxygen atoms in total. The van der Waals surface area contributed by atoms with Crippen molar-refractivity contribution in [3.63, 3.8) is 0 Å². The first-order chi connectivity index (χ1) is 6.32. The van der Waals surface area contributed by atoms with E-state index in [-0.39, 0.29) is 18.0 Å². The maximum atomic E-state index is 12.1. The fourth-order valence-corrected chi connectivity index (χ4v) is 0.923. The Bertz CT molecular complexity index is 343. The Kier molecular flexibility index (Phi) is 4.24. The summed E-state index contributed by atoms with van der Waals surface area (Å²) >= 11 is 0. The molecule has 1 atom stereocenters. The molecule has 4 N–H and O–H groups in total. The minimum Gasteiger partial charge on any atom is -0.504 e. The topological polar surface area (TPSA) is 66.5 Å². The molecule has 0 aliphatic rings. The number of halogens is 4. The van der Waals surface area contributed by atoms with Crippen molar-refractivity contribution in [2.24, 2.45) is 5.73 Å². The first kappa shape index (κ1) is 13.9. The van der Waals surface area contributed by atoms with Crippen LogP contribution < -0.4 is 5.73 Å². The molecular formula is C8H9ClF3NO2. The number of nitrogens with two attached hydrogens (primary N) is 1. The van der Waals surface area contributed by atoms with Gasteiger partial charge in [-0.15, -0.1) is 12.4 Å². The molecule has 0 saturated carbocycles. The Morgan fingerprint density at radius 1 is 1.13 bits per heavy atom. The molecule has 0 spiro atoms. The number of hydrogen-bond donors (Lipinski definition) is 3. The summed E-state index contributed by atoms with van der Waals surface area (Å²) < 4.78 is 36.3. The molecule has 7 heteroatoms. The minimum absolute atomic E-state index is 0. The van der Waals surface area contributed by atoms with Crippen LogP contribution >= 0.6 is 12.4 Å². The molecule has 1 rings (SSSR count). The van der Waals surface area contributed by atoms with Gasteiger partial charge in [-0.2, -0.15) is 13.2 Å². The number of phenols is 2. The first-order valence-electron chi connectivity index (χ1n) is 3.66. The molecule has 0 fully saturated rings. The van der Waals surface area contributed by atoms with Gasteiger partial charge in [0.2, 0.25) is 0 Å². The fraction of sp³-hybridized carbons (Fsp3) is 0.250. The quantitative estimate of drug-likeness (QED) is 0.662. The van der Waals surface area contributed by atoms with Crippen molar-refractivity contribution in [1.29, 1.82) is 0 Å². The molecule has 1 aromatic carbocycles. The Labute approximate surface area is 89.7 Å². The van der Waals surface area contributed by atoms with Gasteiger partial charge in [0.25, 0.3) is 0 Å². The normalized spacial score (nSPS) is 13.1. The summed E-state index contributed by atoms with van der Waals surface area (Å²) in [5.74, 6) is -1.11. The predicted octanol–water partition coefficient (Wildman–Crippen LogP) is 2.08. The highest BCUT2D eigenvalue weighted by molar-refractivity contribution is 5.85. The summed E-state index contributed by atoms with van der Waals surface area (Å²) in [6, 6.07) is 0.589. The summed E-state index contributed by atoms with van der Waals surface area (Å²) in [4.78, 5) is 0. The molecule has 0 radical (unpaired) electrons. The van der Waals surface area contributed by atoms with Crippen LogP contribution in [0.25, 0.3) is 0 Å². The molecule has 0 aliphatic heterocycles. The maximum absolute atomic E-state index is 12.1. The van der Waals surface area contributed by atoms with Gasteiger partial charge in [0.1, 0.15) is 6.04 Å². The highest BCUT2D eigenvalue weighted by Crippen LogP contribution is 2.34. The smallest absolute Gasteiger partial charge is 0.407 e. The van der Waals surface area contributed by atoms with Crippen LogP contribution in [0.4, 0.5) is 13.2 Å². The first-order valence-corrected chi connectivity index (χ1v) is 3.66. The number of phenolic OH excluding ortho intramolecular Hbond substituents is 2. The largest absolute Gasteiger partial charge is 0.504 e. The van der Waals surface area contributed by atoms with E-state index in [0.717, 1.165) is 18.2 Å². The van der Waals surface area contributed by atoms with E-state index in [4.69, 9.17) is 15.9 Å². The van der Waals surface area contributed by atoms with Crippen molar-refractivity contribution >= 4 is 12.4 Å². The Hall–Kier alpha value is -1.14. The average Bonchev–Trinajstić information content (AvgIpc) is 2.07. The van der Waals surface area contributed by atoms with Crippen LogP contribution in [-0.4, -0.2) is 16.4 Å². The van der Waals surface area contributed by atoms with Crippen molar-refractivity contribution < 1.29 is 23.4 Å². The maximum Gasteiger partial charge on any atom is 0.407 e. The van der Waals surface area contributed by atoms with E-state index in [2.05, 4.69) is 0 Å². The van der Waals surface area contributed by atoms with E-state index in [1.807, 2.05) is 0 Å². The van der Waals surface area contributed by atoms with Gasteiger partial charge in [0, 0.05) is 0 Å². The van der Waals surface area contributed by atoms with Crippen LogP contribution in [0.3, 0.4) is 0 Å². The third kappa shape index (κ3) is 3.17. The molecule has 86 valence electrons. The van der Waals surface area contributed by atoms with Gasteiger partial charge < -0.3 is 15.9 Å². The van der Waals surface area contributed by atoms with E-state index in [1.54, 1.807) is 0 Å². The summed E-state index contributed by atoms with van der Waals surface area (Å²) in [6.07, 6.45) is -4.57. The van der Waals surface area contributed by atoms with Crippen molar-refractivity contribution in [2.75, 3.05) is 0 Å². The Morgan fingerprint density at radius 3 is 2.07 bits per heavy atom. The van der Waals surface area contributed by atoms with E-state index >= 15 is 0 Å². The number of benzene rings is 1. The molecule has 0 bridgehead atoms. The number of hydrogen-bond acceptors (Lipinski definition) is 3. The zero-order chi connectivity index (χ0) is 10.9. The zero-order valence-electron chi connectivity index (χ0n) is 7.32. The predicted molar refractivity (Wildman–Crippen MR) is 50.0 cm³/mol. The lowest BCUT2D eigenvalue weighted by Crippen LogP contribution is -2.28. The average molecular weight is 244 g/mol. The fourth-order valence-electron chi connectivity index (χ4n) is 0.923. The van der Waals surface area contributed by atoms with Gasteiger partial charge in [-0.3, -0.25) is 0 Å². The monoisotopic (exact) mass is 243 g/mol. The van der Waals surface area contributed by atoms with Gasteiger partial charge >= 0.3 is 6.18 Å². The molecule has 1 aromatic rings. The lowest BCUT2D eigenvalue weighted by atomic mass is 10.1. The summed E-state index contributed by atoms with van der Waals surface area (Å²) in [7, 11) is 0. The Balaban J connectivity index is 0.00000196. The molecule has 0 heterocycles. The van der Waals surface area contributed by atoms with Crippen molar-refractivity contribution in [3.05, 3.63) is 23.8 Å². The van der Waals surface area contributed by atoms with Crippen molar-refractivity contribution in [3.8, 4) is 11.5 Å². The second-order valence-electron chi connectivity index (χ2n) is 2.77. The van der Waals surface area contributed by atoms with Crippen molar-refractivity contribution in [2.45, 2.75) is 12.2 Å². The van der Waals surface area contributed by atoms with Gasteiger partial charge in [0.05, 0.1) is 0 Å². The van der Waals surface area contributed by atoms with Crippen LogP contribution in [0.5, 0.6) is 11.5 Å². The molecular weight excluding hydrogens is 235 g/mol. The number of rotatable bonds is 1. The van der Waals surface area contributed by atoms with Gasteiger partial charge in [-0.1, -0.05) is 6.07 Å². The third-order valence-electron chi connectivity index (χ3n) is 1.71. The van der Waals surface area contributed by atoms with Crippen molar-refractivity contribution in [1.82, 2.24) is 0 Å². The van der Waals surface area contributed by atoms with Gasteiger partial charge in [0.15, 0.2) is 11.5 Å². The highest BCUT2D eigenvalue weighted by Gasteiger charge is 2.38. The van der Waals surface area contributed by atoms with E-state index in [9.17, 15) is 13.2 Å². The lowest BCUT2D eigenvalue weighted by molar-refractivity contribution is -0.149. The van der Waals surface area contributed by atoms with E-state index < -0.39 is 23.7 Å². The summed E-state index contributed by atoms with van der Waals surface area (Å²) in [5.41, 5.74) is 4.57. The second-order valence-corrected chi connectivity index (χ2v) is 2.77. The number of aromatic hydroxyl groups is 2. The van der Waals surface area contributed by atoms with Gasteiger partial charge in [-0.25, -0.2) is 0 Å².